The monoisotopic (exact) mass is 561 g/mol. The number of aromatic nitrogens is 1. The molecule has 2 fully saturated rings. The lowest BCUT2D eigenvalue weighted by Gasteiger charge is -2.30. The molecule has 0 aliphatic carbocycles. The molecular weight excluding hydrogens is 542 g/mol. The van der Waals surface area contributed by atoms with Crippen LogP contribution in [-0.4, -0.2) is 58.7 Å². The number of thiazole rings is 1. The van der Waals surface area contributed by atoms with Crippen molar-refractivity contribution in [2.24, 2.45) is 5.92 Å². The molecule has 12 heteroatoms. The molecule has 8 nitrogen and oxygen atoms in total. The number of thiophene rings is 1. The average molecular weight is 562 g/mol. The van der Waals surface area contributed by atoms with Crippen LogP contribution >= 0.6 is 46.0 Å². The van der Waals surface area contributed by atoms with Crippen LogP contribution in [-0.2, 0) is 25.7 Å². The number of fused-ring (bicyclic) bond motifs is 2. The Morgan fingerprint density at radius 3 is 2.50 bits per heavy atom. The Morgan fingerprint density at radius 2 is 1.81 bits per heavy atom. The van der Waals surface area contributed by atoms with Gasteiger partial charge in [0.15, 0.2) is 0 Å². The van der Waals surface area contributed by atoms with Gasteiger partial charge in [-0.15, -0.1) is 11.3 Å². The van der Waals surface area contributed by atoms with Crippen molar-refractivity contribution in [2.45, 2.75) is 22.7 Å². The fourth-order valence-electron chi connectivity index (χ4n) is 4.92. The third-order valence-electron chi connectivity index (χ3n) is 6.64. The van der Waals surface area contributed by atoms with Crippen LogP contribution in [0.5, 0.6) is 0 Å². The minimum Gasteiger partial charge on any atom is -0.378 e. The molecular formula is C24H20ClN3O5S3. The van der Waals surface area contributed by atoms with E-state index >= 15 is 0 Å². The molecule has 6 rings (SSSR count). The molecule has 3 aliphatic heterocycles. The van der Waals surface area contributed by atoms with E-state index in [1.807, 2.05) is 17.5 Å². The summed E-state index contributed by atoms with van der Waals surface area (Å²) in [6.45, 7) is 1.81. The SMILES string of the molecule is O=C(Cn1c2c(sc1=O)[C@@H](c1cccs1)C1C(=O)N(c3ccc(Cl)cc3)C(=O)C1S2)N1CCOCC1. The van der Waals surface area contributed by atoms with Gasteiger partial charge < -0.3 is 9.64 Å². The van der Waals surface area contributed by atoms with Gasteiger partial charge in [0, 0.05) is 33.8 Å². The standard InChI is InChI=1S/C24H20ClN3O5S3/c25-13-3-5-14(6-4-13)28-21(30)18-17(15-2-1-11-34-15)20-23(35-19(18)22(28)31)27(24(32)36-20)12-16(29)26-7-9-33-10-8-26/h1-6,11,17-19H,7-10,12H2/t17-,18?,19?/m0/s1. The molecule has 1 aromatic carbocycles. The molecule has 3 atom stereocenters. The highest BCUT2D eigenvalue weighted by Gasteiger charge is 2.57. The Kier molecular flexibility index (Phi) is 6.29. The van der Waals surface area contributed by atoms with Crippen LogP contribution in [0.15, 0.2) is 51.6 Å². The molecule has 3 aliphatic rings. The van der Waals surface area contributed by atoms with E-state index in [0.29, 0.717) is 42.0 Å². The maximum atomic E-state index is 13.7. The van der Waals surface area contributed by atoms with E-state index < -0.39 is 17.1 Å². The molecule has 0 N–H and O–H groups in total. The number of morpholine rings is 1. The maximum Gasteiger partial charge on any atom is 0.308 e. The number of anilines is 1. The van der Waals surface area contributed by atoms with Gasteiger partial charge in [-0.2, -0.15) is 0 Å². The van der Waals surface area contributed by atoms with E-state index in [4.69, 9.17) is 16.3 Å². The number of rotatable bonds is 4. The average Bonchev–Trinajstić information content (AvgIpc) is 3.58. The quantitative estimate of drug-likeness (QED) is 0.454. The lowest BCUT2D eigenvalue weighted by atomic mass is 9.87. The predicted molar refractivity (Wildman–Crippen MR) is 139 cm³/mol. The number of ether oxygens (including phenoxy) is 1. The largest absolute Gasteiger partial charge is 0.378 e. The molecule has 0 saturated carbocycles. The second kappa shape index (κ2) is 9.46. The molecule has 0 spiro atoms. The number of hydrogen-bond acceptors (Lipinski definition) is 8. The molecule has 186 valence electrons. The summed E-state index contributed by atoms with van der Waals surface area (Å²) in [7, 11) is 0. The maximum absolute atomic E-state index is 13.7. The summed E-state index contributed by atoms with van der Waals surface area (Å²) >= 11 is 9.80. The van der Waals surface area contributed by atoms with Crippen molar-refractivity contribution < 1.29 is 19.1 Å². The van der Waals surface area contributed by atoms with Crippen molar-refractivity contribution in [1.29, 1.82) is 0 Å². The fourth-order valence-corrected chi connectivity index (χ4v) is 8.77. The Hall–Kier alpha value is -2.44. The van der Waals surface area contributed by atoms with Crippen molar-refractivity contribution in [3.8, 4) is 0 Å². The summed E-state index contributed by atoms with van der Waals surface area (Å²) in [4.78, 5) is 57.8. The third-order valence-corrected chi connectivity index (χ3v) is 10.5. The van der Waals surface area contributed by atoms with E-state index in [2.05, 4.69) is 0 Å². The Balaban J connectivity index is 1.41. The molecule has 3 amide bonds. The van der Waals surface area contributed by atoms with Crippen molar-refractivity contribution in [1.82, 2.24) is 9.47 Å². The van der Waals surface area contributed by atoms with Crippen LogP contribution < -0.4 is 9.77 Å². The number of nitrogens with zero attached hydrogens (tertiary/aromatic N) is 3. The number of amides is 3. The van der Waals surface area contributed by atoms with Gasteiger partial charge in [-0.3, -0.25) is 23.7 Å². The van der Waals surface area contributed by atoms with Crippen LogP contribution in [0.1, 0.15) is 15.7 Å². The van der Waals surface area contributed by atoms with Crippen molar-refractivity contribution in [3.63, 3.8) is 0 Å². The predicted octanol–water partition coefficient (Wildman–Crippen LogP) is 3.28. The Morgan fingerprint density at radius 1 is 1.06 bits per heavy atom. The number of hydrogen-bond donors (Lipinski definition) is 0. The normalized spacial score (nSPS) is 23.6. The second-order valence-electron chi connectivity index (χ2n) is 8.66. The summed E-state index contributed by atoms with van der Waals surface area (Å²) < 4.78 is 6.81. The molecule has 0 bridgehead atoms. The summed E-state index contributed by atoms with van der Waals surface area (Å²) in [5.41, 5.74) is 0.470. The molecule has 0 radical (unpaired) electrons. The van der Waals surface area contributed by atoms with Crippen molar-refractivity contribution in [2.75, 3.05) is 31.2 Å². The van der Waals surface area contributed by atoms with Crippen LogP contribution in [0.3, 0.4) is 0 Å². The van der Waals surface area contributed by atoms with Gasteiger partial charge in [-0.05, 0) is 35.7 Å². The van der Waals surface area contributed by atoms with Crippen LogP contribution in [0.4, 0.5) is 5.69 Å². The van der Waals surface area contributed by atoms with E-state index in [9.17, 15) is 19.2 Å². The zero-order valence-electron chi connectivity index (χ0n) is 18.8. The summed E-state index contributed by atoms with van der Waals surface area (Å²) in [5.74, 6) is -1.86. The van der Waals surface area contributed by atoms with Gasteiger partial charge in [-0.25, -0.2) is 4.90 Å². The van der Waals surface area contributed by atoms with Crippen LogP contribution in [0, 0.1) is 5.92 Å². The number of carbonyl (C=O) groups is 3. The third kappa shape index (κ3) is 3.93. The van der Waals surface area contributed by atoms with Gasteiger partial charge in [0.25, 0.3) is 0 Å². The molecule has 2 unspecified atom stereocenters. The first-order valence-electron chi connectivity index (χ1n) is 11.4. The van der Waals surface area contributed by atoms with E-state index in [-0.39, 0.29) is 29.1 Å². The van der Waals surface area contributed by atoms with Gasteiger partial charge in [0.05, 0.1) is 29.8 Å². The van der Waals surface area contributed by atoms with E-state index in [0.717, 1.165) is 21.1 Å². The Labute approximate surface area is 223 Å². The van der Waals surface area contributed by atoms with Crippen molar-refractivity contribution in [3.05, 3.63) is 66.2 Å². The number of thioether (sulfide) groups is 1. The van der Waals surface area contributed by atoms with E-state index in [1.165, 1.54) is 32.6 Å². The minimum absolute atomic E-state index is 0.102. The number of benzene rings is 1. The zero-order valence-corrected chi connectivity index (χ0v) is 22.0. The minimum atomic E-state index is -0.702. The molecule has 36 heavy (non-hydrogen) atoms. The highest BCUT2D eigenvalue weighted by molar-refractivity contribution is 8.00. The van der Waals surface area contributed by atoms with Gasteiger partial charge >= 0.3 is 4.87 Å². The highest BCUT2D eigenvalue weighted by Crippen LogP contribution is 2.54. The van der Waals surface area contributed by atoms with Gasteiger partial charge in [-0.1, -0.05) is 40.8 Å². The number of imide groups is 1. The molecule has 2 aromatic heterocycles. The summed E-state index contributed by atoms with van der Waals surface area (Å²) in [6.07, 6.45) is 0. The second-order valence-corrected chi connectivity index (χ2v) is 12.2. The van der Waals surface area contributed by atoms with Gasteiger partial charge in [0.1, 0.15) is 11.8 Å². The molecule has 5 heterocycles. The molecule has 3 aromatic rings. The van der Waals surface area contributed by atoms with Gasteiger partial charge in [0.2, 0.25) is 17.7 Å². The topological polar surface area (TPSA) is 88.9 Å². The lowest BCUT2D eigenvalue weighted by Crippen LogP contribution is -2.43. The summed E-state index contributed by atoms with van der Waals surface area (Å²) in [6, 6.07) is 10.4. The zero-order chi connectivity index (χ0) is 25.0. The smallest absolute Gasteiger partial charge is 0.308 e. The first kappa shape index (κ1) is 23.9. The summed E-state index contributed by atoms with van der Waals surface area (Å²) in [5, 5.41) is 2.33. The van der Waals surface area contributed by atoms with Crippen molar-refractivity contribution >= 4 is 69.4 Å². The van der Waals surface area contributed by atoms with Crippen LogP contribution in [0.25, 0.3) is 0 Å². The Bertz CT molecular complexity index is 1400. The van der Waals surface area contributed by atoms with E-state index in [1.54, 1.807) is 29.2 Å². The number of carbonyl (C=O) groups excluding carboxylic acids is 3. The number of halogens is 1. The fraction of sp³-hybridized carbons (Fsp3) is 0.333. The highest BCUT2D eigenvalue weighted by atomic mass is 35.5. The van der Waals surface area contributed by atoms with Crippen LogP contribution in [0.2, 0.25) is 5.02 Å². The lowest BCUT2D eigenvalue weighted by molar-refractivity contribution is -0.136. The first-order chi connectivity index (χ1) is 17.4. The molecule has 2 saturated heterocycles. The first-order valence-corrected chi connectivity index (χ1v) is 14.3.